The molecule has 1 saturated heterocycles. The van der Waals surface area contributed by atoms with Crippen molar-refractivity contribution in [1.82, 2.24) is 4.67 Å². The fourth-order valence-corrected chi connectivity index (χ4v) is 4.10. The van der Waals surface area contributed by atoms with E-state index in [0.29, 0.717) is 24.5 Å². The molecule has 0 bridgehead atoms. The normalized spacial score (nSPS) is 19.0. The number of rotatable bonds is 5. The fraction of sp³-hybridized carbons (Fsp3) is 0.250. The Hall–Kier alpha value is -1.81. The topological polar surface area (TPSA) is 59.0 Å². The van der Waals surface area contributed by atoms with Crippen molar-refractivity contribution in [2.75, 3.05) is 13.1 Å². The van der Waals surface area contributed by atoms with Gasteiger partial charge in [-0.25, -0.2) is 4.57 Å². The van der Waals surface area contributed by atoms with E-state index in [4.69, 9.17) is 9.05 Å². The SMILES string of the molecule is O=P(Oc1ccccc1)(Oc1ccccc1)N1CC[C@@H](O)C1. The van der Waals surface area contributed by atoms with Crippen LogP contribution < -0.4 is 9.05 Å². The van der Waals surface area contributed by atoms with Gasteiger partial charge in [-0.15, -0.1) is 0 Å². The lowest BCUT2D eigenvalue weighted by Crippen LogP contribution is -2.24. The van der Waals surface area contributed by atoms with Gasteiger partial charge >= 0.3 is 7.75 Å². The van der Waals surface area contributed by atoms with E-state index in [1.54, 1.807) is 53.2 Å². The number of benzene rings is 2. The predicted octanol–water partition coefficient (Wildman–Crippen LogP) is 3.32. The molecule has 2 aromatic carbocycles. The standard InChI is InChI=1S/C16H18NO4P/c18-14-11-12-17(13-14)22(19,20-15-7-3-1-4-8-15)21-16-9-5-2-6-10-16/h1-10,14,18H,11-13H2/t14-/m1/s1. The first-order valence-electron chi connectivity index (χ1n) is 7.18. The van der Waals surface area contributed by atoms with Crippen LogP contribution in [0, 0.1) is 0 Å². The van der Waals surface area contributed by atoms with E-state index < -0.39 is 13.9 Å². The average Bonchev–Trinajstić information content (AvgIpc) is 2.96. The highest BCUT2D eigenvalue weighted by molar-refractivity contribution is 7.52. The summed E-state index contributed by atoms with van der Waals surface area (Å²) in [7, 11) is -3.57. The zero-order valence-corrected chi connectivity index (χ0v) is 12.9. The molecule has 5 nitrogen and oxygen atoms in total. The van der Waals surface area contributed by atoms with Crippen LogP contribution in [0.15, 0.2) is 60.7 Å². The van der Waals surface area contributed by atoms with Crippen molar-refractivity contribution < 1.29 is 18.7 Å². The molecule has 116 valence electrons. The molecular weight excluding hydrogens is 301 g/mol. The van der Waals surface area contributed by atoms with E-state index in [2.05, 4.69) is 0 Å². The van der Waals surface area contributed by atoms with Gasteiger partial charge in [-0.05, 0) is 30.7 Å². The third-order valence-electron chi connectivity index (χ3n) is 3.42. The first kappa shape index (κ1) is 15.1. The molecular formula is C16H18NO4P. The molecule has 1 heterocycles. The van der Waals surface area contributed by atoms with Crippen LogP contribution in [0.4, 0.5) is 0 Å². The number of para-hydroxylation sites is 2. The second kappa shape index (κ2) is 6.53. The fourth-order valence-electron chi connectivity index (χ4n) is 2.31. The zero-order valence-electron chi connectivity index (χ0n) is 12.0. The maximum atomic E-state index is 13.3. The largest absolute Gasteiger partial charge is 0.515 e. The van der Waals surface area contributed by atoms with Crippen molar-refractivity contribution >= 4 is 7.75 Å². The zero-order chi connectivity index (χ0) is 15.4. The first-order chi connectivity index (χ1) is 10.7. The van der Waals surface area contributed by atoms with Crippen molar-refractivity contribution in [3.8, 4) is 11.5 Å². The summed E-state index contributed by atoms with van der Waals surface area (Å²) < 4.78 is 26.2. The Balaban J connectivity index is 1.86. The van der Waals surface area contributed by atoms with E-state index in [-0.39, 0.29) is 6.54 Å². The van der Waals surface area contributed by atoms with Crippen LogP contribution in [0.3, 0.4) is 0 Å². The van der Waals surface area contributed by atoms with Gasteiger partial charge in [0, 0.05) is 13.1 Å². The quantitative estimate of drug-likeness (QED) is 0.857. The van der Waals surface area contributed by atoms with Gasteiger partial charge in [-0.1, -0.05) is 36.4 Å². The number of nitrogens with zero attached hydrogens (tertiary/aromatic N) is 1. The molecule has 1 fully saturated rings. The highest BCUT2D eigenvalue weighted by atomic mass is 31.2. The molecule has 1 atom stereocenters. The van der Waals surface area contributed by atoms with Crippen LogP contribution >= 0.6 is 7.75 Å². The molecule has 0 saturated carbocycles. The maximum absolute atomic E-state index is 13.3. The van der Waals surface area contributed by atoms with Crippen LogP contribution in [-0.2, 0) is 4.57 Å². The molecule has 1 aliphatic heterocycles. The third kappa shape index (κ3) is 3.50. The summed E-state index contributed by atoms with van der Waals surface area (Å²) in [5.41, 5.74) is 0. The Bertz CT molecular complexity index is 604. The molecule has 2 aromatic rings. The number of aliphatic hydroxyl groups excluding tert-OH is 1. The minimum atomic E-state index is -3.57. The summed E-state index contributed by atoms with van der Waals surface area (Å²) in [6.07, 6.45) is 0.0485. The van der Waals surface area contributed by atoms with Gasteiger partial charge in [0.2, 0.25) is 0 Å². The number of hydrogen-bond donors (Lipinski definition) is 1. The summed E-state index contributed by atoms with van der Waals surface area (Å²) in [5, 5.41) is 9.72. The molecule has 0 spiro atoms. The van der Waals surface area contributed by atoms with Gasteiger partial charge < -0.3 is 14.2 Å². The predicted molar refractivity (Wildman–Crippen MR) is 83.9 cm³/mol. The lowest BCUT2D eigenvalue weighted by atomic mass is 10.3. The highest BCUT2D eigenvalue weighted by Gasteiger charge is 2.41. The van der Waals surface area contributed by atoms with Gasteiger partial charge in [0.15, 0.2) is 0 Å². The average molecular weight is 319 g/mol. The van der Waals surface area contributed by atoms with Gasteiger partial charge in [0.05, 0.1) is 6.10 Å². The summed E-state index contributed by atoms with van der Waals surface area (Å²) in [6.45, 7) is 0.745. The van der Waals surface area contributed by atoms with Gasteiger partial charge in [-0.3, -0.25) is 0 Å². The lowest BCUT2D eigenvalue weighted by Gasteiger charge is -2.26. The molecule has 0 amide bonds. The minimum Gasteiger partial charge on any atom is -0.404 e. The molecule has 0 aromatic heterocycles. The van der Waals surface area contributed by atoms with Gasteiger partial charge in [-0.2, -0.15) is 4.67 Å². The van der Waals surface area contributed by atoms with Crippen molar-refractivity contribution in [2.24, 2.45) is 0 Å². The number of aliphatic hydroxyl groups is 1. The monoisotopic (exact) mass is 319 g/mol. The van der Waals surface area contributed by atoms with Crippen LogP contribution in [-0.4, -0.2) is 29.0 Å². The van der Waals surface area contributed by atoms with E-state index in [1.807, 2.05) is 12.1 Å². The van der Waals surface area contributed by atoms with E-state index in [9.17, 15) is 9.67 Å². The Kier molecular flexibility index (Phi) is 4.48. The molecule has 1 N–H and O–H groups in total. The number of hydrogen-bond acceptors (Lipinski definition) is 4. The highest BCUT2D eigenvalue weighted by Crippen LogP contribution is 2.53. The molecule has 6 heteroatoms. The van der Waals surface area contributed by atoms with Gasteiger partial charge in [0.25, 0.3) is 0 Å². The molecule has 0 aliphatic carbocycles. The summed E-state index contributed by atoms with van der Waals surface area (Å²) >= 11 is 0. The lowest BCUT2D eigenvalue weighted by molar-refractivity contribution is 0.184. The van der Waals surface area contributed by atoms with Crippen LogP contribution in [0.25, 0.3) is 0 Å². The van der Waals surface area contributed by atoms with Crippen molar-refractivity contribution in [1.29, 1.82) is 0 Å². The molecule has 1 aliphatic rings. The summed E-state index contributed by atoms with van der Waals surface area (Å²) in [4.78, 5) is 0. The molecule has 3 rings (SSSR count). The smallest absolute Gasteiger partial charge is 0.404 e. The van der Waals surface area contributed by atoms with Crippen molar-refractivity contribution in [3.05, 3.63) is 60.7 Å². The second-order valence-electron chi connectivity index (χ2n) is 5.13. The Morgan fingerprint density at radius 2 is 1.45 bits per heavy atom. The minimum absolute atomic E-state index is 0.275. The van der Waals surface area contributed by atoms with Crippen molar-refractivity contribution in [2.45, 2.75) is 12.5 Å². The summed E-state index contributed by atoms with van der Waals surface area (Å²) in [5.74, 6) is 0.950. The Morgan fingerprint density at radius 1 is 0.955 bits per heavy atom. The van der Waals surface area contributed by atoms with Crippen LogP contribution in [0.2, 0.25) is 0 Å². The second-order valence-corrected chi connectivity index (χ2v) is 7.00. The number of β-amino-alcohol motifs (C(OH)–C–C–N with tert-alkyl or cyclic N) is 1. The third-order valence-corrected chi connectivity index (χ3v) is 5.36. The van der Waals surface area contributed by atoms with E-state index in [0.717, 1.165) is 0 Å². The Labute approximate surface area is 129 Å². The molecule has 0 unspecified atom stereocenters. The van der Waals surface area contributed by atoms with Crippen LogP contribution in [0.1, 0.15) is 6.42 Å². The Morgan fingerprint density at radius 3 is 1.86 bits per heavy atom. The van der Waals surface area contributed by atoms with E-state index in [1.165, 1.54) is 0 Å². The molecule has 0 radical (unpaired) electrons. The first-order valence-corrected chi connectivity index (χ1v) is 8.68. The van der Waals surface area contributed by atoms with Gasteiger partial charge in [0.1, 0.15) is 11.5 Å². The van der Waals surface area contributed by atoms with E-state index >= 15 is 0 Å². The molecule has 22 heavy (non-hydrogen) atoms. The maximum Gasteiger partial charge on any atom is 0.515 e. The van der Waals surface area contributed by atoms with Crippen LogP contribution in [0.5, 0.6) is 11.5 Å². The summed E-state index contributed by atoms with van der Waals surface area (Å²) in [6, 6.07) is 17.9. The van der Waals surface area contributed by atoms with Crippen molar-refractivity contribution in [3.63, 3.8) is 0 Å².